The van der Waals surface area contributed by atoms with E-state index in [1.54, 1.807) is 0 Å². The van der Waals surface area contributed by atoms with Crippen molar-refractivity contribution in [1.29, 1.82) is 0 Å². The van der Waals surface area contributed by atoms with Gasteiger partial charge in [0.1, 0.15) is 0 Å². The predicted molar refractivity (Wildman–Crippen MR) is 56.5 cm³/mol. The number of hydrogen-bond acceptors (Lipinski definition) is 1. The van der Waals surface area contributed by atoms with E-state index >= 15 is 0 Å². The largest absolute Gasteiger partial charge is 0.330 e. The monoisotopic (exact) mass is 181 g/mol. The summed E-state index contributed by atoms with van der Waals surface area (Å²) >= 11 is 0. The molecule has 0 aliphatic heterocycles. The highest BCUT2D eigenvalue weighted by Crippen LogP contribution is 2.50. The highest BCUT2D eigenvalue weighted by molar-refractivity contribution is 4.90. The molecule has 1 heteroatoms. The fourth-order valence-corrected chi connectivity index (χ4v) is 3.37. The van der Waals surface area contributed by atoms with Crippen LogP contribution < -0.4 is 5.73 Å². The number of nitrogens with two attached hydrogens (primary N) is 1. The standard InChI is InChI=1S/C12H23N/c13-9-8-12(6-3-7-12)10-11-4-1-2-5-11/h11H,1-10,13H2. The molecule has 2 saturated carbocycles. The van der Waals surface area contributed by atoms with Gasteiger partial charge < -0.3 is 5.73 Å². The molecule has 2 aliphatic rings. The second-order valence-electron chi connectivity index (χ2n) is 5.25. The third-order valence-electron chi connectivity index (χ3n) is 4.29. The average molecular weight is 181 g/mol. The minimum atomic E-state index is 0.712. The van der Waals surface area contributed by atoms with Crippen LogP contribution in [0.4, 0.5) is 0 Å². The lowest BCUT2D eigenvalue weighted by atomic mass is 9.62. The van der Waals surface area contributed by atoms with Crippen molar-refractivity contribution in [3.8, 4) is 0 Å². The Labute approximate surface area is 82.1 Å². The van der Waals surface area contributed by atoms with Crippen molar-refractivity contribution in [2.24, 2.45) is 17.1 Å². The molecule has 0 heterocycles. The fraction of sp³-hybridized carbons (Fsp3) is 1.00. The van der Waals surface area contributed by atoms with Gasteiger partial charge in [0.15, 0.2) is 0 Å². The zero-order valence-electron chi connectivity index (χ0n) is 8.73. The van der Waals surface area contributed by atoms with Gasteiger partial charge in [0.25, 0.3) is 0 Å². The molecule has 2 rings (SSSR count). The van der Waals surface area contributed by atoms with Crippen molar-refractivity contribution < 1.29 is 0 Å². The first kappa shape index (κ1) is 9.51. The van der Waals surface area contributed by atoms with Gasteiger partial charge in [-0.25, -0.2) is 0 Å². The van der Waals surface area contributed by atoms with E-state index in [2.05, 4.69) is 0 Å². The maximum Gasteiger partial charge on any atom is -0.00720 e. The van der Waals surface area contributed by atoms with Gasteiger partial charge in [0.05, 0.1) is 0 Å². The number of hydrogen-bond donors (Lipinski definition) is 1. The molecule has 0 unspecified atom stereocenters. The molecule has 2 aliphatic carbocycles. The first-order valence-corrected chi connectivity index (χ1v) is 6.05. The SMILES string of the molecule is NCCC1(CC2CCCC2)CCC1. The molecule has 0 amide bonds. The fourth-order valence-electron chi connectivity index (χ4n) is 3.37. The van der Waals surface area contributed by atoms with Gasteiger partial charge in [0.2, 0.25) is 0 Å². The second kappa shape index (κ2) is 4.00. The summed E-state index contributed by atoms with van der Waals surface area (Å²) in [4.78, 5) is 0. The highest BCUT2D eigenvalue weighted by atomic mass is 14.6. The second-order valence-corrected chi connectivity index (χ2v) is 5.25. The molecular formula is C12H23N. The third-order valence-corrected chi connectivity index (χ3v) is 4.29. The number of rotatable bonds is 4. The summed E-state index contributed by atoms with van der Waals surface area (Å²) in [7, 11) is 0. The molecule has 0 radical (unpaired) electrons. The molecule has 0 atom stereocenters. The van der Waals surface area contributed by atoms with E-state index in [1.165, 1.54) is 57.8 Å². The molecule has 0 aromatic heterocycles. The molecule has 0 bridgehead atoms. The van der Waals surface area contributed by atoms with Crippen molar-refractivity contribution in [3.63, 3.8) is 0 Å². The van der Waals surface area contributed by atoms with E-state index in [0.717, 1.165) is 12.5 Å². The van der Waals surface area contributed by atoms with Gasteiger partial charge in [-0.2, -0.15) is 0 Å². The van der Waals surface area contributed by atoms with E-state index in [1.807, 2.05) is 0 Å². The molecule has 0 aromatic rings. The minimum Gasteiger partial charge on any atom is -0.330 e. The van der Waals surface area contributed by atoms with E-state index in [0.29, 0.717) is 5.41 Å². The summed E-state index contributed by atoms with van der Waals surface area (Å²) < 4.78 is 0. The quantitative estimate of drug-likeness (QED) is 0.708. The Morgan fingerprint density at radius 1 is 1.08 bits per heavy atom. The maximum absolute atomic E-state index is 5.70. The zero-order valence-corrected chi connectivity index (χ0v) is 8.73. The van der Waals surface area contributed by atoms with Crippen LogP contribution in [0.1, 0.15) is 57.8 Å². The molecule has 0 saturated heterocycles. The van der Waals surface area contributed by atoms with E-state index in [-0.39, 0.29) is 0 Å². The topological polar surface area (TPSA) is 26.0 Å². The molecule has 2 fully saturated rings. The van der Waals surface area contributed by atoms with Gasteiger partial charge in [0, 0.05) is 0 Å². The van der Waals surface area contributed by atoms with Crippen molar-refractivity contribution in [2.75, 3.05) is 6.54 Å². The molecule has 0 spiro atoms. The molecule has 1 nitrogen and oxygen atoms in total. The van der Waals surface area contributed by atoms with Crippen LogP contribution in [0.15, 0.2) is 0 Å². The van der Waals surface area contributed by atoms with E-state index < -0.39 is 0 Å². The third kappa shape index (κ3) is 2.07. The maximum atomic E-state index is 5.70. The lowest BCUT2D eigenvalue weighted by Crippen LogP contribution is -2.33. The normalized spacial score (nSPS) is 27.5. The summed E-state index contributed by atoms with van der Waals surface area (Å²) in [5, 5.41) is 0. The highest BCUT2D eigenvalue weighted by Gasteiger charge is 2.38. The Hall–Kier alpha value is -0.0400. The smallest absolute Gasteiger partial charge is 0.00720 e. The van der Waals surface area contributed by atoms with Crippen LogP contribution in [0, 0.1) is 11.3 Å². The molecule has 13 heavy (non-hydrogen) atoms. The Kier molecular flexibility index (Phi) is 2.92. The van der Waals surface area contributed by atoms with Crippen LogP contribution >= 0.6 is 0 Å². The van der Waals surface area contributed by atoms with Crippen molar-refractivity contribution >= 4 is 0 Å². The van der Waals surface area contributed by atoms with E-state index in [4.69, 9.17) is 5.73 Å². The van der Waals surface area contributed by atoms with Crippen molar-refractivity contribution in [2.45, 2.75) is 57.8 Å². The minimum absolute atomic E-state index is 0.712. The van der Waals surface area contributed by atoms with Crippen LogP contribution in [-0.2, 0) is 0 Å². The van der Waals surface area contributed by atoms with Crippen LogP contribution in [0.5, 0.6) is 0 Å². The van der Waals surface area contributed by atoms with Gasteiger partial charge in [-0.3, -0.25) is 0 Å². The first-order chi connectivity index (χ1) is 6.35. The summed E-state index contributed by atoms with van der Waals surface area (Å²) in [6.45, 7) is 0.909. The lowest BCUT2D eigenvalue weighted by molar-refractivity contribution is 0.0852. The van der Waals surface area contributed by atoms with Gasteiger partial charge in [-0.1, -0.05) is 32.1 Å². The average Bonchev–Trinajstić information content (AvgIpc) is 2.53. The summed E-state index contributed by atoms with van der Waals surface area (Å²) in [5.74, 6) is 1.06. The molecule has 2 N–H and O–H groups in total. The summed E-state index contributed by atoms with van der Waals surface area (Å²) in [6, 6.07) is 0. The molecule has 76 valence electrons. The Bertz CT molecular complexity index is 155. The lowest BCUT2D eigenvalue weighted by Gasteiger charge is -2.44. The van der Waals surface area contributed by atoms with Crippen molar-refractivity contribution in [1.82, 2.24) is 0 Å². The Morgan fingerprint density at radius 3 is 2.23 bits per heavy atom. The van der Waals surface area contributed by atoms with Crippen molar-refractivity contribution in [3.05, 3.63) is 0 Å². The van der Waals surface area contributed by atoms with E-state index in [9.17, 15) is 0 Å². The zero-order chi connectivity index (χ0) is 9.15. The molecule has 0 aromatic carbocycles. The van der Waals surface area contributed by atoms with Crippen LogP contribution in [0.2, 0.25) is 0 Å². The molecular weight excluding hydrogens is 158 g/mol. The predicted octanol–water partition coefficient (Wildman–Crippen LogP) is 3.09. The van der Waals surface area contributed by atoms with Crippen LogP contribution in [0.3, 0.4) is 0 Å². The van der Waals surface area contributed by atoms with Crippen LogP contribution in [-0.4, -0.2) is 6.54 Å². The Balaban J connectivity index is 1.82. The Morgan fingerprint density at radius 2 is 1.77 bits per heavy atom. The summed E-state index contributed by atoms with van der Waals surface area (Å²) in [6.07, 6.45) is 13.2. The van der Waals surface area contributed by atoms with Gasteiger partial charge in [-0.05, 0) is 43.6 Å². The van der Waals surface area contributed by atoms with Gasteiger partial charge >= 0.3 is 0 Å². The van der Waals surface area contributed by atoms with Crippen LogP contribution in [0.25, 0.3) is 0 Å². The summed E-state index contributed by atoms with van der Waals surface area (Å²) in [5.41, 5.74) is 6.41. The van der Waals surface area contributed by atoms with Gasteiger partial charge in [-0.15, -0.1) is 0 Å². The first-order valence-electron chi connectivity index (χ1n) is 6.05.